The minimum atomic E-state index is -0.165. The van der Waals surface area contributed by atoms with Crippen LogP contribution in [0.5, 0.6) is 0 Å². The van der Waals surface area contributed by atoms with E-state index in [-0.39, 0.29) is 18.2 Å². The molecule has 2 unspecified atom stereocenters. The number of amides is 2. The van der Waals surface area contributed by atoms with Gasteiger partial charge in [0.15, 0.2) is 0 Å². The van der Waals surface area contributed by atoms with E-state index in [9.17, 15) is 9.90 Å². The van der Waals surface area contributed by atoms with E-state index in [4.69, 9.17) is 0 Å². The number of thiophene rings is 1. The molecule has 1 aliphatic heterocycles. The second kappa shape index (κ2) is 8.13. The lowest BCUT2D eigenvalue weighted by Gasteiger charge is -2.41. The number of carbonyl (C=O) groups is 1. The van der Waals surface area contributed by atoms with Crippen LogP contribution in [0.4, 0.5) is 4.79 Å². The maximum Gasteiger partial charge on any atom is 0.315 e. The van der Waals surface area contributed by atoms with Gasteiger partial charge in [-0.1, -0.05) is 12.8 Å². The first-order valence-corrected chi connectivity index (χ1v) is 9.64. The summed E-state index contributed by atoms with van der Waals surface area (Å²) in [6.45, 7) is 2.52. The van der Waals surface area contributed by atoms with E-state index in [0.717, 1.165) is 50.8 Å². The summed E-state index contributed by atoms with van der Waals surface area (Å²) in [4.78, 5) is 14.4. The molecular formula is C17H27N3O2S. The largest absolute Gasteiger partial charge is 0.391 e. The van der Waals surface area contributed by atoms with Crippen LogP contribution in [0.25, 0.3) is 0 Å². The number of nitrogens with one attached hydrogen (secondary N) is 2. The van der Waals surface area contributed by atoms with Gasteiger partial charge in [-0.2, -0.15) is 11.3 Å². The number of likely N-dealkylation sites (tertiary alicyclic amines) is 1. The summed E-state index contributed by atoms with van der Waals surface area (Å²) >= 11 is 1.64. The lowest BCUT2D eigenvalue weighted by Crippen LogP contribution is -2.53. The molecule has 1 saturated heterocycles. The quantitative estimate of drug-likeness (QED) is 0.790. The number of carbonyl (C=O) groups excluding carboxylic acids is 1. The third kappa shape index (κ3) is 4.68. The molecule has 1 saturated carbocycles. The molecule has 0 aromatic carbocycles. The number of rotatable bonds is 4. The summed E-state index contributed by atoms with van der Waals surface area (Å²) in [5.41, 5.74) is 1.14. The van der Waals surface area contributed by atoms with Gasteiger partial charge in [-0.05, 0) is 48.1 Å². The van der Waals surface area contributed by atoms with Crippen LogP contribution in [0, 0.1) is 0 Å². The summed E-state index contributed by atoms with van der Waals surface area (Å²) in [6.07, 6.45) is 6.20. The fraction of sp³-hybridized carbons (Fsp3) is 0.706. The molecule has 1 aromatic heterocycles. The zero-order valence-electron chi connectivity index (χ0n) is 13.5. The van der Waals surface area contributed by atoms with E-state index < -0.39 is 0 Å². The smallest absolute Gasteiger partial charge is 0.315 e. The van der Waals surface area contributed by atoms with Crippen molar-refractivity contribution >= 4 is 17.4 Å². The van der Waals surface area contributed by atoms with Crippen molar-refractivity contribution in [2.45, 2.75) is 63.3 Å². The molecule has 2 fully saturated rings. The molecule has 0 spiro atoms. The number of urea groups is 1. The molecular weight excluding hydrogens is 310 g/mol. The maximum absolute atomic E-state index is 12.0. The topological polar surface area (TPSA) is 64.6 Å². The highest BCUT2D eigenvalue weighted by atomic mass is 32.1. The third-order valence-corrected chi connectivity index (χ3v) is 5.79. The Kier molecular flexibility index (Phi) is 5.91. The van der Waals surface area contributed by atoms with Crippen molar-refractivity contribution in [3.8, 4) is 0 Å². The predicted molar refractivity (Wildman–Crippen MR) is 92.5 cm³/mol. The van der Waals surface area contributed by atoms with Gasteiger partial charge < -0.3 is 15.7 Å². The van der Waals surface area contributed by atoms with E-state index in [1.165, 1.54) is 6.42 Å². The highest BCUT2D eigenvalue weighted by Gasteiger charge is 2.31. The molecule has 6 heteroatoms. The summed E-state index contributed by atoms with van der Waals surface area (Å²) in [7, 11) is 0. The van der Waals surface area contributed by atoms with Gasteiger partial charge in [-0.15, -0.1) is 0 Å². The Morgan fingerprint density at radius 3 is 2.74 bits per heavy atom. The lowest BCUT2D eigenvalue weighted by atomic mass is 9.89. The van der Waals surface area contributed by atoms with E-state index in [0.29, 0.717) is 12.6 Å². The predicted octanol–water partition coefficient (Wildman–Crippen LogP) is 2.32. The van der Waals surface area contributed by atoms with Gasteiger partial charge in [-0.3, -0.25) is 4.90 Å². The molecule has 3 rings (SSSR count). The number of nitrogens with zero attached hydrogens (tertiary/aromatic N) is 1. The molecule has 2 heterocycles. The van der Waals surface area contributed by atoms with Crippen molar-refractivity contribution in [3.63, 3.8) is 0 Å². The zero-order valence-corrected chi connectivity index (χ0v) is 14.4. The van der Waals surface area contributed by atoms with Gasteiger partial charge in [0.25, 0.3) is 0 Å². The lowest BCUT2D eigenvalue weighted by molar-refractivity contribution is 0.00777. The summed E-state index contributed by atoms with van der Waals surface area (Å²) in [6, 6.07) is 2.53. The monoisotopic (exact) mass is 337 g/mol. The number of aliphatic hydroxyl groups excluding tert-OH is 1. The van der Waals surface area contributed by atoms with Crippen molar-refractivity contribution in [2.75, 3.05) is 13.1 Å². The molecule has 2 amide bonds. The van der Waals surface area contributed by atoms with Crippen molar-refractivity contribution in [2.24, 2.45) is 0 Å². The van der Waals surface area contributed by atoms with E-state index >= 15 is 0 Å². The van der Waals surface area contributed by atoms with Gasteiger partial charge in [0.05, 0.1) is 6.10 Å². The van der Waals surface area contributed by atoms with Crippen LogP contribution < -0.4 is 10.6 Å². The van der Waals surface area contributed by atoms with Gasteiger partial charge in [0, 0.05) is 31.7 Å². The molecule has 0 radical (unpaired) electrons. The highest BCUT2D eigenvalue weighted by molar-refractivity contribution is 7.07. The van der Waals surface area contributed by atoms with E-state index in [1.54, 1.807) is 11.3 Å². The van der Waals surface area contributed by atoms with Crippen LogP contribution in [0.1, 0.15) is 44.1 Å². The second-order valence-electron chi connectivity index (χ2n) is 6.69. The van der Waals surface area contributed by atoms with Crippen LogP contribution in [0.15, 0.2) is 16.8 Å². The fourth-order valence-electron chi connectivity index (χ4n) is 3.71. The molecule has 1 aromatic rings. The van der Waals surface area contributed by atoms with E-state index in [1.807, 2.05) is 16.8 Å². The van der Waals surface area contributed by atoms with Crippen LogP contribution in [0.3, 0.4) is 0 Å². The minimum absolute atomic E-state index is 0.0765. The fourth-order valence-corrected chi connectivity index (χ4v) is 4.37. The Balaban J connectivity index is 1.37. The SMILES string of the molecule is O=C(NCc1ccsc1)NC1CCN(C2CCCCC2O)CC1. The first-order valence-electron chi connectivity index (χ1n) is 8.70. The Morgan fingerprint density at radius 2 is 2.04 bits per heavy atom. The van der Waals surface area contributed by atoms with Crippen molar-refractivity contribution in [1.82, 2.24) is 15.5 Å². The van der Waals surface area contributed by atoms with Crippen molar-refractivity contribution < 1.29 is 9.90 Å². The first kappa shape index (κ1) is 16.7. The number of aliphatic hydroxyl groups is 1. The summed E-state index contributed by atoms with van der Waals surface area (Å²) in [5.74, 6) is 0. The number of hydrogen-bond donors (Lipinski definition) is 3. The Bertz CT molecular complexity index is 486. The first-order chi connectivity index (χ1) is 11.2. The molecule has 5 nitrogen and oxygen atoms in total. The van der Waals surface area contributed by atoms with Gasteiger partial charge in [-0.25, -0.2) is 4.79 Å². The van der Waals surface area contributed by atoms with Crippen LogP contribution in [0.2, 0.25) is 0 Å². The molecule has 3 N–H and O–H groups in total. The van der Waals surface area contributed by atoms with Crippen molar-refractivity contribution in [1.29, 1.82) is 0 Å². The molecule has 1 aliphatic carbocycles. The average Bonchev–Trinajstić information content (AvgIpc) is 3.08. The second-order valence-corrected chi connectivity index (χ2v) is 7.47. The molecule has 128 valence electrons. The van der Waals surface area contributed by atoms with Gasteiger partial charge in [0.2, 0.25) is 0 Å². The molecule has 23 heavy (non-hydrogen) atoms. The summed E-state index contributed by atoms with van der Waals surface area (Å²) in [5, 5.41) is 20.2. The molecule has 2 atom stereocenters. The van der Waals surface area contributed by atoms with Gasteiger partial charge in [0.1, 0.15) is 0 Å². The minimum Gasteiger partial charge on any atom is -0.391 e. The number of hydrogen-bond acceptors (Lipinski definition) is 4. The maximum atomic E-state index is 12.0. The Hall–Kier alpha value is -1.11. The van der Waals surface area contributed by atoms with Crippen molar-refractivity contribution in [3.05, 3.63) is 22.4 Å². The standard InChI is InChI=1S/C17H27N3O2S/c21-16-4-2-1-3-15(16)20-8-5-14(6-9-20)19-17(22)18-11-13-7-10-23-12-13/h7,10,12,14-16,21H,1-6,8-9,11H2,(H2,18,19,22). The Morgan fingerprint density at radius 1 is 1.26 bits per heavy atom. The normalized spacial score (nSPS) is 26.8. The van der Waals surface area contributed by atoms with Crippen LogP contribution in [-0.4, -0.2) is 47.3 Å². The average molecular weight is 337 g/mol. The molecule has 2 aliphatic rings. The molecule has 0 bridgehead atoms. The van der Waals surface area contributed by atoms with Crippen LogP contribution in [-0.2, 0) is 6.54 Å². The summed E-state index contributed by atoms with van der Waals surface area (Å²) < 4.78 is 0. The Labute approximate surface area is 142 Å². The highest BCUT2D eigenvalue weighted by Crippen LogP contribution is 2.25. The van der Waals surface area contributed by atoms with E-state index in [2.05, 4.69) is 15.5 Å². The van der Waals surface area contributed by atoms with Crippen LogP contribution >= 0.6 is 11.3 Å². The third-order valence-electron chi connectivity index (χ3n) is 5.06. The number of piperidine rings is 1. The van der Waals surface area contributed by atoms with Gasteiger partial charge >= 0.3 is 6.03 Å². The zero-order chi connectivity index (χ0) is 16.1.